The highest BCUT2D eigenvalue weighted by atomic mass is 16.5. The van der Waals surface area contributed by atoms with Gasteiger partial charge in [-0.2, -0.15) is 0 Å². The van der Waals surface area contributed by atoms with Crippen LogP contribution in [-0.4, -0.2) is 13.0 Å². The number of rotatable bonds is 4. The first-order valence-corrected chi connectivity index (χ1v) is 6.63. The van der Waals surface area contributed by atoms with Gasteiger partial charge >= 0.3 is 0 Å². The fourth-order valence-electron chi connectivity index (χ4n) is 2.20. The summed E-state index contributed by atoms with van der Waals surface area (Å²) < 4.78 is 5.33. The maximum absolute atomic E-state index is 12.3. The number of hydrogen-bond donors (Lipinski definition) is 1. The predicted molar refractivity (Wildman–Crippen MR) is 80.1 cm³/mol. The molecule has 0 aliphatic rings. The molecule has 0 saturated carbocycles. The first-order chi connectivity index (χ1) is 9.63. The van der Waals surface area contributed by atoms with E-state index in [1.807, 2.05) is 62.4 Å². The molecule has 0 aromatic heterocycles. The molecule has 2 aromatic rings. The standard InChI is InChI=1S/C17H19NO2/c1-12-8-4-5-9-14(12)17(19)18-13(2)15-10-6-7-11-16(15)20-3/h4-11,13H,1-3H3,(H,18,19)/t13-/m1/s1. The number of carbonyl (C=O) groups is 1. The predicted octanol–water partition coefficient (Wildman–Crippen LogP) is 3.49. The third-order valence-corrected chi connectivity index (χ3v) is 3.34. The third kappa shape index (κ3) is 2.99. The molecule has 0 spiro atoms. The summed E-state index contributed by atoms with van der Waals surface area (Å²) in [6.07, 6.45) is 0. The van der Waals surface area contributed by atoms with Crippen LogP contribution >= 0.6 is 0 Å². The van der Waals surface area contributed by atoms with E-state index in [1.54, 1.807) is 7.11 Å². The lowest BCUT2D eigenvalue weighted by Gasteiger charge is -2.17. The van der Waals surface area contributed by atoms with E-state index < -0.39 is 0 Å². The number of nitrogens with one attached hydrogen (secondary N) is 1. The fraction of sp³-hybridized carbons (Fsp3) is 0.235. The number of aryl methyl sites for hydroxylation is 1. The molecule has 0 fully saturated rings. The van der Waals surface area contributed by atoms with Crippen molar-refractivity contribution in [3.05, 3.63) is 65.2 Å². The molecular formula is C17H19NO2. The van der Waals surface area contributed by atoms with Gasteiger partial charge in [-0.25, -0.2) is 0 Å². The van der Waals surface area contributed by atoms with Crippen LogP contribution in [0.5, 0.6) is 5.75 Å². The van der Waals surface area contributed by atoms with E-state index in [-0.39, 0.29) is 11.9 Å². The van der Waals surface area contributed by atoms with Gasteiger partial charge in [0.1, 0.15) is 5.75 Å². The molecule has 0 heterocycles. The van der Waals surface area contributed by atoms with Crippen LogP contribution in [0.25, 0.3) is 0 Å². The number of amides is 1. The lowest BCUT2D eigenvalue weighted by atomic mass is 10.0. The lowest BCUT2D eigenvalue weighted by Crippen LogP contribution is -2.27. The molecule has 3 nitrogen and oxygen atoms in total. The average molecular weight is 269 g/mol. The van der Waals surface area contributed by atoms with Crippen molar-refractivity contribution in [1.82, 2.24) is 5.32 Å². The Morgan fingerprint density at radius 1 is 1.10 bits per heavy atom. The highest BCUT2D eigenvalue weighted by Gasteiger charge is 2.15. The molecule has 0 radical (unpaired) electrons. The van der Waals surface area contributed by atoms with Crippen molar-refractivity contribution in [2.45, 2.75) is 19.9 Å². The van der Waals surface area contributed by atoms with Crippen molar-refractivity contribution >= 4 is 5.91 Å². The van der Waals surface area contributed by atoms with Crippen LogP contribution in [0.4, 0.5) is 0 Å². The summed E-state index contributed by atoms with van der Waals surface area (Å²) in [5.74, 6) is 0.714. The van der Waals surface area contributed by atoms with E-state index in [1.165, 1.54) is 0 Å². The van der Waals surface area contributed by atoms with E-state index in [0.717, 1.165) is 16.9 Å². The Bertz CT molecular complexity index is 607. The first-order valence-electron chi connectivity index (χ1n) is 6.63. The van der Waals surface area contributed by atoms with Crippen LogP contribution in [0, 0.1) is 6.92 Å². The van der Waals surface area contributed by atoms with Gasteiger partial charge in [-0.3, -0.25) is 4.79 Å². The van der Waals surface area contributed by atoms with E-state index in [4.69, 9.17) is 4.74 Å². The summed E-state index contributed by atoms with van der Waals surface area (Å²) in [5.41, 5.74) is 2.64. The highest BCUT2D eigenvalue weighted by Crippen LogP contribution is 2.24. The van der Waals surface area contributed by atoms with Crippen LogP contribution in [0.15, 0.2) is 48.5 Å². The van der Waals surface area contributed by atoms with E-state index >= 15 is 0 Å². The molecule has 20 heavy (non-hydrogen) atoms. The van der Waals surface area contributed by atoms with Crippen LogP contribution in [0.3, 0.4) is 0 Å². The van der Waals surface area contributed by atoms with Crippen molar-refractivity contribution in [3.8, 4) is 5.75 Å². The average Bonchev–Trinajstić information content (AvgIpc) is 2.47. The number of para-hydroxylation sites is 1. The van der Waals surface area contributed by atoms with Gasteiger partial charge in [0.25, 0.3) is 5.91 Å². The van der Waals surface area contributed by atoms with Crippen molar-refractivity contribution < 1.29 is 9.53 Å². The number of carbonyl (C=O) groups excluding carboxylic acids is 1. The Morgan fingerprint density at radius 3 is 2.45 bits per heavy atom. The zero-order valence-electron chi connectivity index (χ0n) is 12.0. The zero-order valence-corrected chi connectivity index (χ0v) is 12.0. The Balaban J connectivity index is 2.18. The van der Waals surface area contributed by atoms with Gasteiger partial charge in [-0.1, -0.05) is 36.4 Å². The zero-order chi connectivity index (χ0) is 14.5. The Kier molecular flexibility index (Phi) is 4.41. The molecule has 3 heteroatoms. The van der Waals surface area contributed by atoms with E-state index in [9.17, 15) is 4.79 Å². The second kappa shape index (κ2) is 6.24. The monoisotopic (exact) mass is 269 g/mol. The summed E-state index contributed by atoms with van der Waals surface area (Å²) in [6, 6.07) is 15.2. The van der Waals surface area contributed by atoms with Gasteiger partial charge in [-0.05, 0) is 31.5 Å². The van der Waals surface area contributed by atoms with Gasteiger partial charge in [-0.15, -0.1) is 0 Å². The molecule has 2 aromatic carbocycles. The molecule has 1 N–H and O–H groups in total. The largest absolute Gasteiger partial charge is 0.496 e. The van der Waals surface area contributed by atoms with Crippen molar-refractivity contribution in [2.24, 2.45) is 0 Å². The van der Waals surface area contributed by atoms with Crippen molar-refractivity contribution in [3.63, 3.8) is 0 Å². The normalized spacial score (nSPS) is 11.8. The Hall–Kier alpha value is -2.29. The first kappa shape index (κ1) is 14.1. The second-order valence-corrected chi connectivity index (χ2v) is 4.75. The third-order valence-electron chi connectivity index (χ3n) is 3.34. The molecule has 0 bridgehead atoms. The summed E-state index contributed by atoms with van der Waals surface area (Å²) in [5, 5.41) is 3.01. The molecule has 104 valence electrons. The summed E-state index contributed by atoms with van der Waals surface area (Å²) in [7, 11) is 1.63. The van der Waals surface area contributed by atoms with Gasteiger partial charge in [0.05, 0.1) is 13.2 Å². The number of ether oxygens (including phenoxy) is 1. The minimum atomic E-state index is -0.113. The fourth-order valence-corrected chi connectivity index (χ4v) is 2.20. The maximum atomic E-state index is 12.3. The molecule has 0 aliphatic carbocycles. The van der Waals surface area contributed by atoms with Gasteiger partial charge < -0.3 is 10.1 Å². The summed E-state index contributed by atoms with van der Waals surface area (Å²) >= 11 is 0. The molecule has 0 aliphatic heterocycles. The highest BCUT2D eigenvalue weighted by molar-refractivity contribution is 5.95. The minimum Gasteiger partial charge on any atom is -0.496 e. The van der Waals surface area contributed by atoms with Gasteiger partial charge in [0.2, 0.25) is 0 Å². The van der Waals surface area contributed by atoms with Crippen LogP contribution in [-0.2, 0) is 0 Å². The number of benzene rings is 2. The molecule has 2 rings (SSSR count). The number of methoxy groups -OCH3 is 1. The van der Waals surface area contributed by atoms with Crippen LogP contribution in [0.1, 0.15) is 34.5 Å². The quantitative estimate of drug-likeness (QED) is 0.922. The minimum absolute atomic E-state index is 0.0680. The van der Waals surface area contributed by atoms with E-state index in [0.29, 0.717) is 5.56 Å². The molecular weight excluding hydrogens is 250 g/mol. The van der Waals surface area contributed by atoms with Crippen LogP contribution < -0.4 is 10.1 Å². The molecule has 0 saturated heterocycles. The maximum Gasteiger partial charge on any atom is 0.252 e. The second-order valence-electron chi connectivity index (χ2n) is 4.75. The lowest BCUT2D eigenvalue weighted by molar-refractivity contribution is 0.0939. The molecule has 1 atom stereocenters. The Morgan fingerprint density at radius 2 is 1.75 bits per heavy atom. The van der Waals surface area contributed by atoms with Crippen molar-refractivity contribution in [2.75, 3.05) is 7.11 Å². The smallest absolute Gasteiger partial charge is 0.252 e. The summed E-state index contributed by atoms with van der Waals surface area (Å²) in [6.45, 7) is 3.89. The SMILES string of the molecule is COc1ccccc1[C@@H](C)NC(=O)c1ccccc1C. The van der Waals surface area contributed by atoms with Gasteiger partial charge in [0, 0.05) is 11.1 Å². The van der Waals surface area contributed by atoms with Crippen LogP contribution in [0.2, 0.25) is 0 Å². The van der Waals surface area contributed by atoms with Crippen molar-refractivity contribution in [1.29, 1.82) is 0 Å². The van der Waals surface area contributed by atoms with E-state index in [2.05, 4.69) is 5.32 Å². The summed E-state index contributed by atoms with van der Waals surface area (Å²) in [4.78, 5) is 12.3. The number of hydrogen-bond acceptors (Lipinski definition) is 2. The topological polar surface area (TPSA) is 38.3 Å². The molecule has 0 unspecified atom stereocenters. The molecule has 1 amide bonds. The Labute approximate surface area is 119 Å². The van der Waals surface area contributed by atoms with Gasteiger partial charge in [0.15, 0.2) is 0 Å².